The number of carbonyl (C=O) groups excluding carboxylic acids is 1. The average molecular weight is 272 g/mol. The van der Waals surface area contributed by atoms with Crippen LogP contribution in [0.5, 0.6) is 0 Å². The lowest BCUT2D eigenvalue weighted by Crippen LogP contribution is -2.51. The summed E-state index contributed by atoms with van der Waals surface area (Å²) in [5.41, 5.74) is 0. The molecule has 2 heterocycles. The topological polar surface area (TPSA) is 96.9 Å². The van der Waals surface area contributed by atoms with Gasteiger partial charge in [0, 0.05) is 20.1 Å². The van der Waals surface area contributed by atoms with Crippen LogP contribution in [0.2, 0.25) is 0 Å². The van der Waals surface area contributed by atoms with Gasteiger partial charge in [0.15, 0.2) is 0 Å². The van der Waals surface area contributed by atoms with E-state index in [0.717, 1.165) is 19.3 Å². The van der Waals surface area contributed by atoms with Crippen LogP contribution in [0, 0.1) is 0 Å². The van der Waals surface area contributed by atoms with E-state index >= 15 is 0 Å². The lowest BCUT2D eigenvalue weighted by Gasteiger charge is -2.22. The monoisotopic (exact) mass is 272 g/mol. The Bertz CT molecular complexity index is 349. The fraction of sp³-hybridized carbons (Fsp3) is 0.833. The molecule has 2 aliphatic heterocycles. The van der Waals surface area contributed by atoms with Gasteiger partial charge in [-0.3, -0.25) is 0 Å². The molecule has 3 N–H and O–H groups in total. The van der Waals surface area contributed by atoms with E-state index in [-0.39, 0.29) is 31.3 Å². The molecule has 0 spiro atoms. The number of carboxylic acid groups (broad SMARTS) is 1. The first kappa shape index (κ1) is 14.1. The Hall–Kier alpha value is -1.34. The van der Waals surface area contributed by atoms with Crippen molar-refractivity contribution in [2.24, 2.45) is 0 Å². The predicted octanol–water partition coefficient (Wildman–Crippen LogP) is 0.0952. The van der Waals surface area contributed by atoms with E-state index in [1.165, 1.54) is 7.11 Å². The molecule has 2 bridgehead atoms. The normalized spacial score (nSPS) is 30.1. The molecule has 19 heavy (non-hydrogen) atoms. The Morgan fingerprint density at radius 3 is 2.79 bits per heavy atom. The summed E-state index contributed by atoms with van der Waals surface area (Å²) < 4.78 is 10.4. The van der Waals surface area contributed by atoms with Crippen LogP contribution in [0.1, 0.15) is 25.7 Å². The highest BCUT2D eigenvalue weighted by atomic mass is 16.5. The highest BCUT2D eigenvalue weighted by Gasteiger charge is 2.41. The second kappa shape index (κ2) is 6.21. The van der Waals surface area contributed by atoms with Crippen molar-refractivity contribution in [1.82, 2.24) is 10.6 Å². The minimum atomic E-state index is -1.06. The summed E-state index contributed by atoms with van der Waals surface area (Å²) >= 11 is 0. The number of hydrogen-bond donors (Lipinski definition) is 3. The van der Waals surface area contributed by atoms with Crippen LogP contribution < -0.4 is 10.6 Å². The fourth-order valence-electron chi connectivity index (χ4n) is 2.65. The fourth-order valence-corrected chi connectivity index (χ4v) is 2.65. The second-order valence-corrected chi connectivity index (χ2v) is 5.01. The molecule has 0 aromatic rings. The number of hydrogen-bond acceptors (Lipinski definition) is 4. The molecule has 7 nitrogen and oxygen atoms in total. The van der Waals surface area contributed by atoms with E-state index in [2.05, 4.69) is 10.6 Å². The SMILES string of the molecule is COCCC(NC(=O)NC1CC2CCC1O2)C(=O)O. The standard InChI is InChI=1S/C12H20N2O5/c1-18-5-4-8(11(15)16)13-12(17)14-9-6-7-2-3-10(9)19-7/h7-10H,2-6H2,1H3,(H,15,16)(H2,13,14,17). The molecule has 2 fully saturated rings. The van der Waals surface area contributed by atoms with Gasteiger partial charge in [-0.25, -0.2) is 9.59 Å². The number of amides is 2. The number of carbonyl (C=O) groups is 2. The number of methoxy groups -OCH3 is 1. The zero-order chi connectivity index (χ0) is 13.8. The molecule has 108 valence electrons. The highest BCUT2D eigenvalue weighted by Crippen LogP contribution is 2.34. The molecule has 0 aliphatic carbocycles. The first-order valence-electron chi connectivity index (χ1n) is 6.54. The number of rotatable bonds is 6. The molecule has 4 unspecified atom stereocenters. The van der Waals surface area contributed by atoms with Crippen LogP contribution in [-0.2, 0) is 14.3 Å². The summed E-state index contributed by atoms with van der Waals surface area (Å²) in [5.74, 6) is -1.06. The molecule has 0 saturated carbocycles. The average Bonchev–Trinajstić information content (AvgIpc) is 2.96. The van der Waals surface area contributed by atoms with E-state index < -0.39 is 18.0 Å². The Balaban J connectivity index is 1.77. The van der Waals surface area contributed by atoms with E-state index in [9.17, 15) is 9.59 Å². The molecular formula is C12H20N2O5. The van der Waals surface area contributed by atoms with Crippen LogP contribution in [0.25, 0.3) is 0 Å². The quantitative estimate of drug-likeness (QED) is 0.637. The van der Waals surface area contributed by atoms with Crippen LogP contribution in [-0.4, -0.2) is 55.1 Å². The second-order valence-electron chi connectivity index (χ2n) is 5.01. The zero-order valence-corrected chi connectivity index (χ0v) is 10.9. The van der Waals surface area contributed by atoms with Gasteiger partial charge in [0.25, 0.3) is 0 Å². The molecule has 0 radical (unpaired) electrons. The van der Waals surface area contributed by atoms with Gasteiger partial charge in [-0.05, 0) is 19.3 Å². The van der Waals surface area contributed by atoms with Crippen molar-refractivity contribution in [3.8, 4) is 0 Å². The number of urea groups is 1. The number of ether oxygens (including phenoxy) is 2. The number of fused-ring (bicyclic) bond motifs is 2. The van der Waals surface area contributed by atoms with Gasteiger partial charge in [-0.2, -0.15) is 0 Å². The number of nitrogens with one attached hydrogen (secondary N) is 2. The van der Waals surface area contributed by atoms with Gasteiger partial charge in [0.1, 0.15) is 6.04 Å². The summed E-state index contributed by atoms with van der Waals surface area (Å²) in [6.07, 6.45) is 3.40. The minimum Gasteiger partial charge on any atom is -0.480 e. The van der Waals surface area contributed by atoms with Crippen molar-refractivity contribution in [2.45, 2.75) is 50.0 Å². The Labute approximate surface area is 111 Å². The van der Waals surface area contributed by atoms with Gasteiger partial charge in [-0.15, -0.1) is 0 Å². The van der Waals surface area contributed by atoms with Crippen LogP contribution in [0.3, 0.4) is 0 Å². The number of aliphatic carboxylic acids is 1. The third-order valence-corrected chi connectivity index (χ3v) is 3.64. The lowest BCUT2D eigenvalue weighted by atomic mass is 9.96. The highest BCUT2D eigenvalue weighted by molar-refractivity contribution is 5.82. The maximum Gasteiger partial charge on any atom is 0.326 e. The molecule has 2 rings (SSSR count). The predicted molar refractivity (Wildman–Crippen MR) is 65.9 cm³/mol. The van der Waals surface area contributed by atoms with Crippen molar-refractivity contribution in [3.63, 3.8) is 0 Å². The molecule has 4 atom stereocenters. The van der Waals surface area contributed by atoms with Crippen molar-refractivity contribution in [3.05, 3.63) is 0 Å². The van der Waals surface area contributed by atoms with Crippen molar-refractivity contribution in [2.75, 3.05) is 13.7 Å². The molecule has 2 saturated heterocycles. The van der Waals surface area contributed by atoms with Gasteiger partial charge in [0.2, 0.25) is 0 Å². The van der Waals surface area contributed by atoms with Crippen LogP contribution in [0.15, 0.2) is 0 Å². The van der Waals surface area contributed by atoms with Gasteiger partial charge in [0.05, 0.1) is 18.2 Å². The lowest BCUT2D eigenvalue weighted by molar-refractivity contribution is -0.139. The van der Waals surface area contributed by atoms with Crippen molar-refractivity contribution < 1.29 is 24.2 Å². The molecular weight excluding hydrogens is 252 g/mol. The summed E-state index contributed by atoms with van der Waals surface area (Å²) in [6.45, 7) is 0.286. The molecule has 2 amide bonds. The maximum atomic E-state index is 11.8. The van der Waals surface area contributed by atoms with E-state index in [4.69, 9.17) is 14.6 Å². The molecule has 0 aromatic heterocycles. The Morgan fingerprint density at radius 1 is 1.47 bits per heavy atom. The molecule has 2 aliphatic rings. The van der Waals surface area contributed by atoms with Gasteiger partial charge < -0.3 is 25.2 Å². The van der Waals surface area contributed by atoms with Gasteiger partial charge in [-0.1, -0.05) is 0 Å². The summed E-state index contributed by atoms with van der Waals surface area (Å²) in [4.78, 5) is 22.8. The van der Waals surface area contributed by atoms with Crippen LogP contribution in [0.4, 0.5) is 4.79 Å². The third-order valence-electron chi connectivity index (χ3n) is 3.64. The molecule has 7 heteroatoms. The smallest absolute Gasteiger partial charge is 0.326 e. The van der Waals surface area contributed by atoms with Crippen molar-refractivity contribution >= 4 is 12.0 Å². The number of carboxylic acids is 1. The van der Waals surface area contributed by atoms with Crippen LogP contribution >= 0.6 is 0 Å². The largest absolute Gasteiger partial charge is 0.480 e. The summed E-state index contributed by atoms with van der Waals surface area (Å²) in [6, 6.07) is -1.39. The Kier molecular flexibility index (Phi) is 4.60. The molecule has 0 aromatic carbocycles. The van der Waals surface area contributed by atoms with Gasteiger partial charge >= 0.3 is 12.0 Å². The summed E-state index contributed by atoms with van der Waals surface area (Å²) in [7, 11) is 1.49. The van der Waals surface area contributed by atoms with E-state index in [0.29, 0.717) is 0 Å². The summed E-state index contributed by atoms with van der Waals surface area (Å²) in [5, 5.41) is 14.2. The first-order chi connectivity index (χ1) is 9.10. The first-order valence-corrected chi connectivity index (χ1v) is 6.54. The third kappa shape index (κ3) is 3.57. The minimum absolute atomic E-state index is 0.00406. The zero-order valence-electron chi connectivity index (χ0n) is 10.9. The maximum absolute atomic E-state index is 11.8. The van der Waals surface area contributed by atoms with Crippen molar-refractivity contribution in [1.29, 1.82) is 0 Å². The Morgan fingerprint density at radius 2 is 2.26 bits per heavy atom. The van der Waals surface area contributed by atoms with E-state index in [1.54, 1.807) is 0 Å². The van der Waals surface area contributed by atoms with E-state index in [1.807, 2.05) is 0 Å².